The fourth-order valence-corrected chi connectivity index (χ4v) is 2.24. The predicted octanol–water partition coefficient (Wildman–Crippen LogP) is 0.849. The average molecular weight is 305 g/mol. The third kappa shape index (κ3) is 4.16. The third-order valence-electron chi connectivity index (χ3n) is 3.59. The Kier molecular flexibility index (Phi) is 5.30. The standard InChI is InChI=1S/C15H23N5O2/c1-11(2)10-16-14-5-4-13(17-18-14)15(22)20-8-6-19(7-9-20)12(3)21/h4-5,11H,6-10H2,1-3H3,(H,16,18). The van der Waals surface area contributed by atoms with Gasteiger partial charge in [0.1, 0.15) is 5.82 Å². The molecule has 0 aromatic carbocycles. The molecule has 0 radical (unpaired) electrons. The molecule has 1 N–H and O–H groups in total. The van der Waals surface area contributed by atoms with E-state index >= 15 is 0 Å². The maximum absolute atomic E-state index is 12.4. The van der Waals surface area contributed by atoms with Crippen LogP contribution in [0.25, 0.3) is 0 Å². The maximum Gasteiger partial charge on any atom is 0.274 e. The molecule has 2 amide bonds. The number of hydrogen-bond donors (Lipinski definition) is 1. The fourth-order valence-electron chi connectivity index (χ4n) is 2.24. The summed E-state index contributed by atoms with van der Waals surface area (Å²) in [6, 6.07) is 3.46. The van der Waals surface area contributed by atoms with Crippen molar-refractivity contribution in [3.63, 3.8) is 0 Å². The molecule has 22 heavy (non-hydrogen) atoms. The lowest BCUT2D eigenvalue weighted by Crippen LogP contribution is -2.50. The van der Waals surface area contributed by atoms with Gasteiger partial charge in [0.2, 0.25) is 5.91 Å². The molecule has 0 unspecified atom stereocenters. The van der Waals surface area contributed by atoms with Crippen molar-refractivity contribution in [1.29, 1.82) is 0 Å². The van der Waals surface area contributed by atoms with Gasteiger partial charge in [-0.05, 0) is 18.1 Å². The van der Waals surface area contributed by atoms with E-state index in [-0.39, 0.29) is 11.8 Å². The van der Waals surface area contributed by atoms with E-state index in [4.69, 9.17) is 0 Å². The van der Waals surface area contributed by atoms with Gasteiger partial charge in [-0.3, -0.25) is 9.59 Å². The molecule has 0 bridgehead atoms. The molecule has 1 aromatic rings. The number of amides is 2. The SMILES string of the molecule is CC(=O)N1CCN(C(=O)c2ccc(NCC(C)C)nn2)CC1. The van der Waals surface area contributed by atoms with E-state index in [2.05, 4.69) is 29.4 Å². The molecule has 1 aliphatic rings. The van der Waals surface area contributed by atoms with Crippen molar-refractivity contribution in [3.05, 3.63) is 17.8 Å². The van der Waals surface area contributed by atoms with Crippen molar-refractivity contribution in [1.82, 2.24) is 20.0 Å². The van der Waals surface area contributed by atoms with Crippen LogP contribution in [-0.4, -0.2) is 64.5 Å². The number of nitrogens with zero attached hydrogens (tertiary/aromatic N) is 4. The monoisotopic (exact) mass is 305 g/mol. The van der Waals surface area contributed by atoms with Gasteiger partial charge in [0, 0.05) is 39.6 Å². The zero-order chi connectivity index (χ0) is 16.1. The van der Waals surface area contributed by atoms with Gasteiger partial charge >= 0.3 is 0 Å². The van der Waals surface area contributed by atoms with Crippen molar-refractivity contribution < 1.29 is 9.59 Å². The molecule has 2 rings (SSSR count). The second kappa shape index (κ2) is 7.20. The first-order chi connectivity index (χ1) is 10.5. The maximum atomic E-state index is 12.4. The first kappa shape index (κ1) is 16.2. The Bertz CT molecular complexity index is 521. The van der Waals surface area contributed by atoms with Gasteiger partial charge < -0.3 is 15.1 Å². The zero-order valence-electron chi connectivity index (χ0n) is 13.4. The second-order valence-corrected chi connectivity index (χ2v) is 5.88. The number of carbonyl (C=O) groups excluding carboxylic acids is 2. The molecule has 0 aliphatic carbocycles. The molecule has 1 aromatic heterocycles. The van der Waals surface area contributed by atoms with Crippen LogP contribution >= 0.6 is 0 Å². The fraction of sp³-hybridized carbons (Fsp3) is 0.600. The largest absolute Gasteiger partial charge is 0.368 e. The normalized spacial score (nSPS) is 15.1. The number of rotatable bonds is 4. The highest BCUT2D eigenvalue weighted by molar-refractivity contribution is 5.92. The number of piperazine rings is 1. The van der Waals surface area contributed by atoms with Crippen LogP contribution < -0.4 is 5.32 Å². The predicted molar refractivity (Wildman–Crippen MR) is 83.5 cm³/mol. The molecule has 7 nitrogen and oxygen atoms in total. The van der Waals surface area contributed by atoms with E-state index in [1.165, 1.54) is 0 Å². The van der Waals surface area contributed by atoms with Crippen LogP contribution in [-0.2, 0) is 4.79 Å². The smallest absolute Gasteiger partial charge is 0.274 e. The van der Waals surface area contributed by atoms with Crippen LogP contribution in [0, 0.1) is 5.92 Å². The molecule has 7 heteroatoms. The molecular formula is C15H23N5O2. The van der Waals surface area contributed by atoms with Gasteiger partial charge in [0.15, 0.2) is 5.69 Å². The topological polar surface area (TPSA) is 78.4 Å². The lowest BCUT2D eigenvalue weighted by molar-refractivity contribution is -0.130. The Morgan fingerprint density at radius 3 is 2.27 bits per heavy atom. The van der Waals surface area contributed by atoms with Crippen LogP contribution in [0.15, 0.2) is 12.1 Å². The van der Waals surface area contributed by atoms with Crippen molar-refractivity contribution in [2.45, 2.75) is 20.8 Å². The lowest BCUT2D eigenvalue weighted by atomic mass is 10.2. The van der Waals surface area contributed by atoms with E-state index in [1.807, 2.05) is 0 Å². The minimum Gasteiger partial charge on any atom is -0.368 e. The van der Waals surface area contributed by atoms with Gasteiger partial charge in [-0.1, -0.05) is 13.8 Å². The van der Waals surface area contributed by atoms with Gasteiger partial charge in [0.05, 0.1) is 0 Å². The Morgan fingerprint density at radius 1 is 1.14 bits per heavy atom. The minimum absolute atomic E-state index is 0.0486. The number of carbonyl (C=O) groups is 2. The molecule has 1 fully saturated rings. The van der Waals surface area contributed by atoms with Gasteiger partial charge in [-0.2, -0.15) is 0 Å². The average Bonchev–Trinajstić information content (AvgIpc) is 2.53. The number of aromatic nitrogens is 2. The van der Waals surface area contributed by atoms with Crippen molar-refractivity contribution >= 4 is 17.6 Å². The van der Waals surface area contributed by atoms with E-state index in [9.17, 15) is 9.59 Å². The van der Waals surface area contributed by atoms with Gasteiger partial charge in [-0.25, -0.2) is 0 Å². The Labute approximate surface area is 130 Å². The molecule has 0 spiro atoms. The van der Waals surface area contributed by atoms with Gasteiger partial charge in [-0.15, -0.1) is 10.2 Å². The quantitative estimate of drug-likeness (QED) is 0.892. The van der Waals surface area contributed by atoms with Crippen molar-refractivity contribution in [2.24, 2.45) is 5.92 Å². The third-order valence-corrected chi connectivity index (χ3v) is 3.59. The second-order valence-electron chi connectivity index (χ2n) is 5.88. The van der Waals surface area contributed by atoms with Gasteiger partial charge in [0.25, 0.3) is 5.91 Å². The van der Waals surface area contributed by atoms with Crippen LogP contribution in [0.5, 0.6) is 0 Å². The first-order valence-electron chi connectivity index (χ1n) is 7.59. The van der Waals surface area contributed by atoms with Crippen LogP contribution in [0.1, 0.15) is 31.3 Å². The minimum atomic E-state index is -0.133. The molecule has 2 heterocycles. The summed E-state index contributed by atoms with van der Waals surface area (Å²) in [7, 11) is 0. The van der Waals surface area contributed by atoms with Crippen molar-refractivity contribution in [2.75, 3.05) is 38.0 Å². The highest BCUT2D eigenvalue weighted by Crippen LogP contribution is 2.09. The van der Waals surface area contributed by atoms with E-state index in [0.29, 0.717) is 43.6 Å². The molecular weight excluding hydrogens is 282 g/mol. The van der Waals surface area contributed by atoms with Crippen LogP contribution in [0.3, 0.4) is 0 Å². The highest BCUT2D eigenvalue weighted by atomic mass is 16.2. The lowest BCUT2D eigenvalue weighted by Gasteiger charge is -2.33. The highest BCUT2D eigenvalue weighted by Gasteiger charge is 2.24. The summed E-state index contributed by atoms with van der Waals surface area (Å²) in [6.45, 7) is 8.80. The summed E-state index contributed by atoms with van der Waals surface area (Å²) >= 11 is 0. The summed E-state index contributed by atoms with van der Waals surface area (Å²) in [5, 5.41) is 11.2. The van der Waals surface area contributed by atoms with E-state index in [0.717, 1.165) is 6.54 Å². The molecule has 1 saturated heterocycles. The summed E-state index contributed by atoms with van der Waals surface area (Å²) in [6.07, 6.45) is 0. The summed E-state index contributed by atoms with van der Waals surface area (Å²) in [5.74, 6) is 1.10. The number of nitrogens with one attached hydrogen (secondary N) is 1. The van der Waals surface area contributed by atoms with E-state index < -0.39 is 0 Å². The number of hydrogen-bond acceptors (Lipinski definition) is 5. The first-order valence-corrected chi connectivity index (χ1v) is 7.59. The zero-order valence-corrected chi connectivity index (χ0v) is 13.4. The number of anilines is 1. The van der Waals surface area contributed by atoms with E-state index in [1.54, 1.807) is 28.9 Å². The summed E-state index contributed by atoms with van der Waals surface area (Å²) < 4.78 is 0. The van der Waals surface area contributed by atoms with Crippen LogP contribution in [0.2, 0.25) is 0 Å². The molecule has 0 saturated carbocycles. The molecule has 0 atom stereocenters. The Morgan fingerprint density at radius 2 is 1.77 bits per heavy atom. The van der Waals surface area contributed by atoms with Crippen molar-refractivity contribution in [3.8, 4) is 0 Å². The summed E-state index contributed by atoms with van der Waals surface area (Å²) in [4.78, 5) is 27.1. The Balaban J connectivity index is 1.91. The summed E-state index contributed by atoms with van der Waals surface area (Å²) in [5.41, 5.74) is 0.339. The Hall–Kier alpha value is -2.18. The molecule has 1 aliphatic heterocycles. The van der Waals surface area contributed by atoms with Crippen LogP contribution in [0.4, 0.5) is 5.82 Å². The molecule has 120 valence electrons.